The minimum atomic E-state index is -0.245. The highest BCUT2D eigenvalue weighted by Gasteiger charge is 2.13. The molecule has 3 rings (SSSR count). The highest BCUT2D eigenvalue weighted by molar-refractivity contribution is 6.04. The lowest BCUT2D eigenvalue weighted by molar-refractivity contribution is -0.115. The SMILES string of the molecule is COCCNC(=O)c1ccccc1NC(=O)Cc1ccc(-c2ccccc2)cc1. The quantitative estimate of drug-likeness (QED) is 0.575. The molecule has 0 radical (unpaired) electrons. The Hall–Kier alpha value is -3.44. The number of hydrogen-bond acceptors (Lipinski definition) is 3. The van der Waals surface area contributed by atoms with Crippen molar-refractivity contribution >= 4 is 17.5 Å². The van der Waals surface area contributed by atoms with Crippen molar-refractivity contribution in [2.24, 2.45) is 0 Å². The van der Waals surface area contributed by atoms with E-state index in [0.29, 0.717) is 24.4 Å². The summed E-state index contributed by atoms with van der Waals surface area (Å²) in [7, 11) is 1.58. The lowest BCUT2D eigenvalue weighted by Crippen LogP contribution is -2.28. The van der Waals surface area contributed by atoms with Crippen LogP contribution in [0.25, 0.3) is 11.1 Å². The van der Waals surface area contributed by atoms with E-state index in [9.17, 15) is 9.59 Å². The average Bonchev–Trinajstić information content (AvgIpc) is 2.75. The molecule has 0 aromatic heterocycles. The van der Waals surface area contributed by atoms with Crippen LogP contribution in [0.2, 0.25) is 0 Å². The second-order valence-electron chi connectivity index (χ2n) is 6.58. The largest absolute Gasteiger partial charge is 0.383 e. The minimum Gasteiger partial charge on any atom is -0.383 e. The molecule has 0 aliphatic heterocycles. The fraction of sp³-hybridized carbons (Fsp3) is 0.167. The van der Waals surface area contributed by atoms with E-state index in [1.807, 2.05) is 42.5 Å². The third kappa shape index (κ3) is 5.77. The Morgan fingerprint density at radius 1 is 0.828 bits per heavy atom. The molecule has 2 amide bonds. The van der Waals surface area contributed by atoms with Crippen molar-refractivity contribution in [3.63, 3.8) is 0 Å². The van der Waals surface area contributed by atoms with Gasteiger partial charge in [0, 0.05) is 13.7 Å². The van der Waals surface area contributed by atoms with Gasteiger partial charge in [-0.3, -0.25) is 9.59 Å². The molecule has 29 heavy (non-hydrogen) atoms. The summed E-state index contributed by atoms with van der Waals surface area (Å²) in [6.07, 6.45) is 0.231. The van der Waals surface area contributed by atoms with Gasteiger partial charge in [-0.15, -0.1) is 0 Å². The van der Waals surface area contributed by atoms with Gasteiger partial charge in [-0.25, -0.2) is 0 Å². The van der Waals surface area contributed by atoms with Crippen LogP contribution in [-0.4, -0.2) is 32.1 Å². The average molecular weight is 388 g/mol. The van der Waals surface area contributed by atoms with E-state index >= 15 is 0 Å². The first-order valence-corrected chi connectivity index (χ1v) is 9.48. The molecule has 2 N–H and O–H groups in total. The molecule has 0 spiro atoms. The molecule has 0 saturated heterocycles. The van der Waals surface area contributed by atoms with E-state index in [4.69, 9.17) is 4.74 Å². The molecule has 0 unspecified atom stereocenters. The second-order valence-corrected chi connectivity index (χ2v) is 6.58. The van der Waals surface area contributed by atoms with Crippen molar-refractivity contribution in [3.05, 3.63) is 90.0 Å². The van der Waals surface area contributed by atoms with Crippen LogP contribution >= 0.6 is 0 Å². The van der Waals surface area contributed by atoms with Gasteiger partial charge in [0.25, 0.3) is 5.91 Å². The maximum absolute atomic E-state index is 12.5. The van der Waals surface area contributed by atoms with Crippen LogP contribution in [0.4, 0.5) is 5.69 Å². The van der Waals surface area contributed by atoms with Crippen LogP contribution < -0.4 is 10.6 Å². The Morgan fingerprint density at radius 2 is 1.48 bits per heavy atom. The third-order valence-electron chi connectivity index (χ3n) is 4.46. The summed E-state index contributed by atoms with van der Waals surface area (Å²) in [5.41, 5.74) is 4.07. The minimum absolute atomic E-state index is 0.172. The zero-order valence-corrected chi connectivity index (χ0v) is 16.4. The molecule has 0 saturated carbocycles. The van der Waals surface area contributed by atoms with Crippen molar-refractivity contribution in [2.75, 3.05) is 25.6 Å². The number of para-hydroxylation sites is 1. The number of anilines is 1. The third-order valence-corrected chi connectivity index (χ3v) is 4.46. The van der Waals surface area contributed by atoms with Crippen LogP contribution in [-0.2, 0) is 16.0 Å². The van der Waals surface area contributed by atoms with Crippen molar-refractivity contribution in [3.8, 4) is 11.1 Å². The number of amides is 2. The van der Waals surface area contributed by atoms with Gasteiger partial charge in [0.2, 0.25) is 5.91 Å². The molecule has 0 fully saturated rings. The van der Waals surface area contributed by atoms with Gasteiger partial charge in [-0.2, -0.15) is 0 Å². The smallest absolute Gasteiger partial charge is 0.253 e. The zero-order valence-electron chi connectivity index (χ0n) is 16.4. The second kappa shape index (κ2) is 10.2. The van der Waals surface area contributed by atoms with E-state index in [1.165, 1.54) is 0 Å². The van der Waals surface area contributed by atoms with Gasteiger partial charge in [-0.05, 0) is 28.8 Å². The number of carbonyl (C=O) groups is 2. The maximum Gasteiger partial charge on any atom is 0.253 e. The van der Waals surface area contributed by atoms with Crippen molar-refractivity contribution in [2.45, 2.75) is 6.42 Å². The summed E-state index contributed by atoms with van der Waals surface area (Å²) in [4.78, 5) is 24.8. The number of carbonyl (C=O) groups excluding carboxylic acids is 2. The number of rotatable bonds is 8. The summed E-state index contributed by atoms with van der Waals surface area (Å²) < 4.78 is 4.94. The van der Waals surface area contributed by atoms with Crippen LogP contribution in [0.5, 0.6) is 0 Å². The topological polar surface area (TPSA) is 67.4 Å². The molecular weight excluding hydrogens is 364 g/mol. The summed E-state index contributed by atoms with van der Waals surface area (Å²) in [6.45, 7) is 0.838. The number of benzene rings is 3. The van der Waals surface area contributed by atoms with Gasteiger partial charge in [0.05, 0.1) is 24.3 Å². The molecule has 0 aliphatic carbocycles. The predicted molar refractivity (Wildman–Crippen MR) is 115 cm³/mol. The number of hydrogen-bond donors (Lipinski definition) is 2. The first-order valence-electron chi connectivity index (χ1n) is 9.48. The van der Waals surface area contributed by atoms with Gasteiger partial charge < -0.3 is 15.4 Å². The van der Waals surface area contributed by atoms with E-state index in [0.717, 1.165) is 16.7 Å². The zero-order chi connectivity index (χ0) is 20.5. The monoisotopic (exact) mass is 388 g/mol. The summed E-state index contributed by atoms with van der Waals surface area (Å²) in [5, 5.41) is 5.62. The Bertz CT molecular complexity index is 953. The fourth-order valence-corrected chi connectivity index (χ4v) is 2.98. The maximum atomic E-state index is 12.5. The molecule has 0 aliphatic rings. The number of ether oxygens (including phenoxy) is 1. The standard InChI is InChI=1S/C24H24N2O3/c1-29-16-15-25-24(28)21-9-5-6-10-22(21)26-23(27)17-18-11-13-20(14-12-18)19-7-3-2-4-8-19/h2-14H,15-17H2,1H3,(H,25,28)(H,26,27). The summed E-state index contributed by atoms with van der Waals surface area (Å²) in [5.74, 6) is -0.417. The molecular formula is C24H24N2O3. The lowest BCUT2D eigenvalue weighted by atomic mass is 10.0. The van der Waals surface area contributed by atoms with Gasteiger partial charge in [0.1, 0.15) is 0 Å². The van der Waals surface area contributed by atoms with Gasteiger partial charge in [0.15, 0.2) is 0 Å². The normalized spacial score (nSPS) is 10.4. The van der Waals surface area contributed by atoms with Crippen molar-refractivity contribution in [1.29, 1.82) is 0 Å². The predicted octanol–water partition coefficient (Wildman–Crippen LogP) is 3.91. The van der Waals surface area contributed by atoms with E-state index < -0.39 is 0 Å². The van der Waals surface area contributed by atoms with Gasteiger partial charge >= 0.3 is 0 Å². The first-order chi connectivity index (χ1) is 14.2. The van der Waals surface area contributed by atoms with E-state index in [-0.39, 0.29) is 18.2 Å². The van der Waals surface area contributed by atoms with Crippen LogP contribution in [0.3, 0.4) is 0 Å². The molecule has 148 valence electrons. The van der Waals surface area contributed by atoms with Gasteiger partial charge in [-0.1, -0.05) is 66.7 Å². The molecule has 0 bridgehead atoms. The van der Waals surface area contributed by atoms with Crippen molar-refractivity contribution in [1.82, 2.24) is 5.32 Å². The molecule has 3 aromatic carbocycles. The molecule has 5 heteroatoms. The summed E-state index contributed by atoms with van der Waals surface area (Å²) >= 11 is 0. The molecule has 0 atom stereocenters. The van der Waals surface area contributed by atoms with Crippen LogP contribution in [0.15, 0.2) is 78.9 Å². The highest BCUT2D eigenvalue weighted by Crippen LogP contribution is 2.20. The molecule has 5 nitrogen and oxygen atoms in total. The Morgan fingerprint density at radius 3 is 2.21 bits per heavy atom. The summed E-state index contributed by atoms with van der Waals surface area (Å²) in [6, 6.07) is 25.0. The van der Waals surface area contributed by atoms with Crippen molar-refractivity contribution < 1.29 is 14.3 Å². The van der Waals surface area contributed by atoms with Crippen LogP contribution in [0, 0.1) is 0 Å². The fourth-order valence-electron chi connectivity index (χ4n) is 2.98. The Balaban J connectivity index is 1.63. The first kappa shape index (κ1) is 20.3. The highest BCUT2D eigenvalue weighted by atomic mass is 16.5. The lowest BCUT2D eigenvalue weighted by Gasteiger charge is -2.11. The van der Waals surface area contributed by atoms with E-state index in [1.54, 1.807) is 31.4 Å². The number of nitrogens with one attached hydrogen (secondary N) is 2. The number of methoxy groups -OCH3 is 1. The Kier molecular flexibility index (Phi) is 7.14. The molecule has 3 aromatic rings. The Labute approximate surface area is 170 Å². The molecule has 0 heterocycles. The van der Waals surface area contributed by atoms with Crippen LogP contribution in [0.1, 0.15) is 15.9 Å². The van der Waals surface area contributed by atoms with E-state index in [2.05, 4.69) is 22.8 Å².